The summed E-state index contributed by atoms with van der Waals surface area (Å²) in [6.07, 6.45) is 7.92. The van der Waals surface area contributed by atoms with E-state index in [4.69, 9.17) is 0 Å². The van der Waals surface area contributed by atoms with E-state index in [0.717, 1.165) is 32.4 Å². The molecular formula is C19H30N2O2. The number of likely N-dealkylation sites (N-methyl/N-ethyl adjacent to an activating group) is 1. The van der Waals surface area contributed by atoms with Crippen molar-refractivity contribution in [1.29, 1.82) is 0 Å². The molecule has 0 aromatic rings. The molecule has 6 rings (SSSR count). The number of rotatable bonds is 3. The fraction of sp³-hybridized carbons (Fsp3) is 0.947. The highest BCUT2D eigenvalue weighted by Gasteiger charge is 2.61. The van der Waals surface area contributed by atoms with E-state index >= 15 is 0 Å². The molecule has 128 valence electrons. The van der Waals surface area contributed by atoms with Gasteiger partial charge in [0.2, 0.25) is 0 Å². The van der Waals surface area contributed by atoms with Gasteiger partial charge >= 0.3 is 6.03 Å². The monoisotopic (exact) mass is 318 g/mol. The first-order valence-electron chi connectivity index (χ1n) is 9.74. The van der Waals surface area contributed by atoms with Crippen molar-refractivity contribution in [2.45, 2.75) is 76.0 Å². The fourth-order valence-electron chi connectivity index (χ4n) is 7.12. The quantitative estimate of drug-likeness (QED) is 0.869. The van der Waals surface area contributed by atoms with Crippen molar-refractivity contribution in [3.05, 3.63) is 0 Å². The van der Waals surface area contributed by atoms with Crippen LogP contribution in [0, 0.1) is 23.7 Å². The van der Waals surface area contributed by atoms with Crippen LogP contribution in [0.3, 0.4) is 0 Å². The molecule has 1 aliphatic heterocycles. The summed E-state index contributed by atoms with van der Waals surface area (Å²) in [4.78, 5) is 17.6. The zero-order chi connectivity index (χ0) is 16.0. The molecule has 4 nitrogen and oxygen atoms in total. The van der Waals surface area contributed by atoms with E-state index in [-0.39, 0.29) is 11.6 Å². The third kappa shape index (κ3) is 1.90. The molecule has 3 unspecified atom stereocenters. The summed E-state index contributed by atoms with van der Waals surface area (Å²) in [7, 11) is 0. The standard InChI is InChI=1S/C19H30N2O2/c1-3-21-17(22)20(11-18(21,2)15-4-5-15)16-13-6-12-7-14(16)10-19(23,8-12)9-13/h12-16,23H,3-11H2,1-2H3. The maximum absolute atomic E-state index is 13.2. The van der Waals surface area contributed by atoms with Gasteiger partial charge in [-0.3, -0.25) is 0 Å². The molecule has 0 spiro atoms. The summed E-state index contributed by atoms with van der Waals surface area (Å²) < 4.78 is 0. The minimum Gasteiger partial charge on any atom is -0.390 e. The van der Waals surface area contributed by atoms with Crippen LogP contribution < -0.4 is 0 Å². The molecule has 1 saturated heterocycles. The lowest BCUT2D eigenvalue weighted by Gasteiger charge is -2.59. The molecule has 1 heterocycles. The highest BCUT2D eigenvalue weighted by atomic mass is 16.3. The molecule has 5 aliphatic carbocycles. The van der Waals surface area contributed by atoms with E-state index < -0.39 is 5.60 Å². The van der Waals surface area contributed by atoms with Gasteiger partial charge in [-0.15, -0.1) is 0 Å². The van der Waals surface area contributed by atoms with Gasteiger partial charge in [-0.05, 0) is 82.5 Å². The Bertz CT molecular complexity index is 529. The van der Waals surface area contributed by atoms with Gasteiger partial charge in [-0.1, -0.05) is 0 Å². The summed E-state index contributed by atoms with van der Waals surface area (Å²) >= 11 is 0. The Kier molecular flexibility index (Phi) is 2.81. The molecule has 1 N–H and O–H groups in total. The normalized spacial score (nSPS) is 51.9. The minimum atomic E-state index is -0.403. The lowest BCUT2D eigenvalue weighted by atomic mass is 9.52. The number of urea groups is 1. The molecule has 4 heteroatoms. The predicted molar refractivity (Wildman–Crippen MR) is 87.9 cm³/mol. The number of amides is 2. The second-order valence-electron chi connectivity index (χ2n) is 9.47. The Morgan fingerprint density at radius 3 is 2.35 bits per heavy atom. The summed E-state index contributed by atoms with van der Waals surface area (Å²) in [6.45, 7) is 6.19. The Balaban J connectivity index is 1.45. The fourth-order valence-corrected chi connectivity index (χ4v) is 7.12. The van der Waals surface area contributed by atoms with Crippen LogP contribution in [-0.4, -0.2) is 51.2 Å². The van der Waals surface area contributed by atoms with Crippen molar-refractivity contribution in [3.8, 4) is 0 Å². The van der Waals surface area contributed by atoms with Crippen LogP contribution in [0.2, 0.25) is 0 Å². The first kappa shape index (κ1) is 14.6. The van der Waals surface area contributed by atoms with Gasteiger partial charge in [-0.25, -0.2) is 4.79 Å². The summed E-state index contributed by atoms with van der Waals surface area (Å²) in [5.41, 5.74) is -0.350. The second kappa shape index (κ2) is 4.44. The third-order valence-corrected chi connectivity index (χ3v) is 7.91. The first-order valence-corrected chi connectivity index (χ1v) is 9.74. The van der Waals surface area contributed by atoms with Crippen LogP contribution in [0.4, 0.5) is 4.79 Å². The summed E-state index contributed by atoms with van der Waals surface area (Å²) in [6, 6.07) is 0.681. The molecule has 6 aliphatic rings. The summed E-state index contributed by atoms with van der Waals surface area (Å²) in [5, 5.41) is 10.8. The van der Waals surface area contributed by atoms with E-state index in [1.807, 2.05) is 0 Å². The van der Waals surface area contributed by atoms with Gasteiger partial charge < -0.3 is 14.9 Å². The summed E-state index contributed by atoms with van der Waals surface area (Å²) in [5.74, 6) is 2.49. The van der Waals surface area contributed by atoms with Crippen molar-refractivity contribution in [2.24, 2.45) is 23.7 Å². The number of carbonyl (C=O) groups excluding carboxylic acids is 1. The van der Waals surface area contributed by atoms with Crippen LogP contribution in [0.15, 0.2) is 0 Å². The smallest absolute Gasteiger partial charge is 0.320 e. The van der Waals surface area contributed by atoms with Crippen LogP contribution >= 0.6 is 0 Å². The topological polar surface area (TPSA) is 43.8 Å². The minimum absolute atomic E-state index is 0.0530. The average molecular weight is 318 g/mol. The highest BCUT2D eigenvalue weighted by Crippen LogP contribution is 2.58. The van der Waals surface area contributed by atoms with Crippen LogP contribution in [0.25, 0.3) is 0 Å². The van der Waals surface area contributed by atoms with Gasteiger partial charge in [0.15, 0.2) is 0 Å². The zero-order valence-electron chi connectivity index (χ0n) is 14.5. The van der Waals surface area contributed by atoms with Gasteiger partial charge in [0.25, 0.3) is 0 Å². The van der Waals surface area contributed by atoms with Crippen molar-refractivity contribution in [2.75, 3.05) is 13.1 Å². The SMILES string of the molecule is CCN1C(=O)N(C2C3CC4CC2CC(O)(C4)C3)CC1(C)C1CC1. The second-order valence-corrected chi connectivity index (χ2v) is 9.47. The molecule has 2 amide bonds. The Hall–Kier alpha value is -0.770. The molecule has 0 aromatic heterocycles. The highest BCUT2D eigenvalue weighted by molar-refractivity contribution is 5.79. The van der Waals surface area contributed by atoms with Crippen molar-refractivity contribution >= 4 is 6.03 Å². The van der Waals surface area contributed by atoms with E-state index in [1.54, 1.807) is 0 Å². The molecule has 0 radical (unpaired) electrons. The van der Waals surface area contributed by atoms with E-state index in [9.17, 15) is 9.90 Å². The zero-order valence-corrected chi connectivity index (χ0v) is 14.5. The van der Waals surface area contributed by atoms with Crippen molar-refractivity contribution in [3.63, 3.8) is 0 Å². The number of nitrogens with zero attached hydrogens (tertiary/aromatic N) is 2. The van der Waals surface area contributed by atoms with E-state index in [1.165, 1.54) is 25.7 Å². The molecule has 0 aromatic carbocycles. The number of carbonyl (C=O) groups is 1. The van der Waals surface area contributed by atoms with Gasteiger partial charge in [-0.2, -0.15) is 0 Å². The Morgan fingerprint density at radius 2 is 1.83 bits per heavy atom. The molecule has 4 bridgehead atoms. The number of hydrogen-bond acceptors (Lipinski definition) is 2. The van der Waals surface area contributed by atoms with Crippen LogP contribution in [-0.2, 0) is 0 Å². The molecular weight excluding hydrogens is 288 g/mol. The average Bonchev–Trinajstić information content (AvgIpc) is 3.26. The maximum Gasteiger partial charge on any atom is 0.320 e. The third-order valence-electron chi connectivity index (χ3n) is 7.91. The Morgan fingerprint density at radius 1 is 1.17 bits per heavy atom. The van der Waals surface area contributed by atoms with E-state index in [0.29, 0.717) is 29.7 Å². The lowest BCUT2D eigenvalue weighted by Crippen LogP contribution is -2.62. The van der Waals surface area contributed by atoms with Gasteiger partial charge in [0.05, 0.1) is 11.1 Å². The first-order chi connectivity index (χ1) is 10.9. The van der Waals surface area contributed by atoms with Gasteiger partial charge in [0, 0.05) is 19.1 Å². The largest absolute Gasteiger partial charge is 0.390 e. The molecule has 23 heavy (non-hydrogen) atoms. The van der Waals surface area contributed by atoms with Crippen LogP contribution in [0.5, 0.6) is 0 Å². The van der Waals surface area contributed by atoms with E-state index in [2.05, 4.69) is 23.6 Å². The number of hydrogen-bond donors (Lipinski definition) is 1. The van der Waals surface area contributed by atoms with Crippen LogP contribution in [0.1, 0.15) is 58.8 Å². The number of aliphatic hydroxyl groups is 1. The lowest BCUT2D eigenvalue weighted by molar-refractivity contribution is -0.152. The maximum atomic E-state index is 13.2. The van der Waals surface area contributed by atoms with Crippen molar-refractivity contribution in [1.82, 2.24) is 9.80 Å². The molecule has 3 atom stereocenters. The Labute approximate surface area is 139 Å². The molecule has 5 saturated carbocycles. The molecule has 6 fully saturated rings. The predicted octanol–water partition coefficient (Wildman–Crippen LogP) is 2.85. The van der Waals surface area contributed by atoms with Crippen molar-refractivity contribution < 1.29 is 9.90 Å². The van der Waals surface area contributed by atoms with Gasteiger partial charge in [0.1, 0.15) is 0 Å².